The summed E-state index contributed by atoms with van der Waals surface area (Å²) in [6, 6.07) is 0. The molecule has 0 radical (unpaired) electrons. The van der Waals surface area contributed by atoms with Crippen molar-refractivity contribution in [2.24, 2.45) is 0 Å². The molecule has 0 spiro atoms. The van der Waals surface area contributed by atoms with Gasteiger partial charge in [-0.2, -0.15) is 0 Å². The highest BCUT2D eigenvalue weighted by molar-refractivity contribution is 5.68. The molecule has 0 fully saturated rings. The van der Waals surface area contributed by atoms with Gasteiger partial charge in [-0.15, -0.1) is 6.42 Å². The smallest absolute Gasteiger partial charge is 0.408 e. The van der Waals surface area contributed by atoms with Gasteiger partial charge in [0, 0.05) is 13.0 Å². The Labute approximate surface area is 88.8 Å². The third kappa shape index (κ3) is 7.38. The lowest BCUT2D eigenvalue weighted by Gasteiger charge is -2.18. The third-order valence-corrected chi connectivity index (χ3v) is 1.53. The molecule has 0 aliphatic carbocycles. The highest BCUT2D eigenvalue weighted by Crippen LogP contribution is 2.06. The van der Waals surface area contributed by atoms with Gasteiger partial charge in [-0.1, -0.05) is 5.92 Å². The predicted molar refractivity (Wildman–Crippen MR) is 54.3 cm³/mol. The summed E-state index contributed by atoms with van der Waals surface area (Å²) in [6.07, 6.45) is 4.86. The Bertz CT molecular complexity index is 278. The number of alkyl carbamates (subject to hydrolysis) is 1. The number of amides is 1. The number of rotatable bonds is 5. The molecule has 1 amide bonds. The highest BCUT2D eigenvalue weighted by Gasteiger charge is 2.18. The molecule has 15 heavy (non-hydrogen) atoms. The molecular formula is C10H15NO4. The zero-order chi connectivity index (χ0) is 11.9. The van der Waals surface area contributed by atoms with Gasteiger partial charge in [0.2, 0.25) is 0 Å². The molecule has 0 saturated carbocycles. The summed E-state index contributed by atoms with van der Waals surface area (Å²) in [4.78, 5) is 21.2. The van der Waals surface area contributed by atoms with Gasteiger partial charge in [-0.25, -0.2) is 4.79 Å². The third-order valence-electron chi connectivity index (χ3n) is 1.53. The molecule has 0 saturated heterocycles. The van der Waals surface area contributed by atoms with Crippen molar-refractivity contribution in [3.63, 3.8) is 0 Å². The molecule has 0 aromatic rings. The van der Waals surface area contributed by atoms with E-state index in [1.165, 1.54) is 0 Å². The minimum atomic E-state index is -0.948. The number of carbonyl (C=O) groups is 2. The first-order chi connectivity index (χ1) is 6.87. The molecule has 0 unspecified atom stereocenters. The quantitative estimate of drug-likeness (QED) is 0.527. The largest absolute Gasteiger partial charge is 0.481 e. The lowest BCUT2D eigenvalue weighted by Crippen LogP contribution is -2.34. The van der Waals surface area contributed by atoms with E-state index in [1.54, 1.807) is 13.8 Å². The number of nitrogens with one attached hydrogen (secondary N) is 1. The number of carboxylic acids is 1. The van der Waals surface area contributed by atoms with Gasteiger partial charge in [0.25, 0.3) is 0 Å². The van der Waals surface area contributed by atoms with E-state index < -0.39 is 17.7 Å². The van der Waals surface area contributed by atoms with Crippen LogP contribution < -0.4 is 5.32 Å². The standard InChI is InChI=1S/C10H15NO4/c1-4-10(2,3)15-9(14)11-7-5-6-8(12)13/h1H,5-7H2,2-3H3,(H,11,14)(H,12,13). The summed E-state index contributed by atoms with van der Waals surface area (Å²) in [6.45, 7) is 3.43. The second-order valence-corrected chi connectivity index (χ2v) is 3.47. The van der Waals surface area contributed by atoms with Crippen molar-refractivity contribution in [2.45, 2.75) is 32.3 Å². The first-order valence-electron chi connectivity index (χ1n) is 4.54. The Kier molecular flexibility index (Phi) is 5.24. The number of hydrogen-bond acceptors (Lipinski definition) is 3. The van der Waals surface area contributed by atoms with Crippen LogP contribution in [0.2, 0.25) is 0 Å². The lowest BCUT2D eigenvalue weighted by molar-refractivity contribution is -0.137. The normalized spacial score (nSPS) is 10.2. The molecular weight excluding hydrogens is 198 g/mol. The average Bonchev–Trinajstić information content (AvgIpc) is 2.11. The number of aliphatic carboxylic acids is 1. The van der Waals surface area contributed by atoms with Crippen LogP contribution in [-0.2, 0) is 9.53 Å². The van der Waals surface area contributed by atoms with E-state index >= 15 is 0 Å². The summed E-state index contributed by atoms with van der Waals surface area (Å²) < 4.78 is 4.86. The molecule has 0 heterocycles. The van der Waals surface area contributed by atoms with Crippen molar-refractivity contribution in [2.75, 3.05) is 6.54 Å². The highest BCUT2D eigenvalue weighted by atomic mass is 16.6. The number of terminal acetylenes is 1. The fraction of sp³-hybridized carbons (Fsp3) is 0.600. The maximum absolute atomic E-state index is 11.1. The van der Waals surface area contributed by atoms with Crippen LogP contribution in [0.5, 0.6) is 0 Å². The Hall–Kier alpha value is -1.70. The fourth-order valence-corrected chi connectivity index (χ4v) is 0.727. The Balaban J connectivity index is 3.68. The summed E-state index contributed by atoms with van der Waals surface area (Å²) in [5.41, 5.74) is -0.948. The van der Waals surface area contributed by atoms with Gasteiger partial charge in [-0.05, 0) is 20.3 Å². The molecule has 2 N–H and O–H groups in total. The van der Waals surface area contributed by atoms with Crippen LogP contribution in [0.4, 0.5) is 4.79 Å². The van der Waals surface area contributed by atoms with Crippen LogP contribution in [0.15, 0.2) is 0 Å². The van der Waals surface area contributed by atoms with Crippen molar-refractivity contribution in [1.82, 2.24) is 5.32 Å². The van der Waals surface area contributed by atoms with Crippen molar-refractivity contribution >= 4 is 12.1 Å². The van der Waals surface area contributed by atoms with Crippen LogP contribution in [0.3, 0.4) is 0 Å². The van der Waals surface area contributed by atoms with Gasteiger partial charge in [-0.3, -0.25) is 4.79 Å². The van der Waals surface area contributed by atoms with Gasteiger partial charge in [0.1, 0.15) is 0 Å². The van der Waals surface area contributed by atoms with Gasteiger partial charge < -0.3 is 15.2 Å². The molecule has 0 aromatic heterocycles. The predicted octanol–water partition coefficient (Wildman–Crippen LogP) is 0.989. The van der Waals surface area contributed by atoms with E-state index in [1.807, 2.05) is 0 Å². The molecule has 0 aliphatic rings. The maximum atomic E-state index is 11.1. The molecule has 5 heteroatoms. The molecule has 0 aliphatic heterocycles. The number of hydrogen-bond donors (Lipinski definition) is 2. The molecule has 0 atom stereocenters. The maximum Gasteiger partial charge on any atom is 0.408 e. The van der Waals surface area contributed by atoms with Crippen LogP contribution >= 0.6 is 0 Å². The Morgan fingerprint density at radius 2 is 2.13 bits per heavy atom. The Morgan fingerprint density at radius 3 is 2.60 bits per heavy atom. The van der Waals surface area contributed by atoms with Crippen LogP contribution in [-0.4, -0.2) is 29.3 Å². The average molecular weight is 213 g/mol. The monoisotopic (exact) mass is 213 g/mol. The summed E-state index contributed by atoms with van der Waals surface area (Å²) >= 11 is 0. The lowest BCUT2D eigenvalue weighted by atomic mass is 10.1. The van der Waals surface area contributed by atoms with E-state index in [2.05, 4.69) is 11.2 Å². The second kappa shape index (κ2) is 5.91. The first-order valence-corrected chi connectivity index (χ1v) is 4.54. The van der Waals surface area contributed by atoms with Crippen LogP contribution in [0.25, 0.3) is 0 Å². The number of carboxylic acid groups (broad SMARTS) is 1. The minimum absolute atomic E-state index is 0.0127. The van der Waals surface area contributed by atoms with E-state index in [0.717, 1.165) is 0 Å². The molecule has 84 valence electrons. The van der Waals surface area contributed by atoms with Gasteiger partial charge in [0.15, 0.2) is 5.60 Å². The SMILES string of the molecule is C#CC(C)(C)OC(=O)NCCCC(=O)O. The van der Waals surface area contributed by atoms with Crippen molar-refractivity contribution in [1.29, 1.82) is 0 Å². The van der Waals surface area contributed by atoms with Crippen LogP contribution in [0, 0.1) is 12.3 Å². The van der Waals surface area contributed by atoms with E-state index in [-0.39, 0.29) is 13.0 Å². The topological polar surface area (TPSA) is 75.6 Å². The fourth-order valence-electron chi connectivity index (χ4n) is 0.727. The minimum Gasteiger partial charge on any atom is -0.481 e. The number of ether oxygens (including phenoxy) is 1. The first kappa shape index (κ1) is 13.3. The van der Waals surface area contributed by atoms with Gasteiger partial charge >= 0.3 is 12.1 Å². The zero-order valence-electron chi connectivity index (χ0n) is 8.87. The van der Waals surface area contributed by atoms with Crippen molar-refractivity contribution < 1.29 is 19.4 Å². The molecule has 0 rings (SSSR count). The molecule has 5 nitrogen and oxygen atoms in total. The Morgan fingerprint density at radius 1 is 1.53 bits per heavy atom. The zero-order valence-corrected chi connectivity index (χ0v) is 8.87. The number of carbonyl (C=O) groups excluding carboxylic acids is 1. The summed E-state index contributed by atoms with van der Waals surface area (Å²) in [5.74, 6) is 1.41. The van der Waals surface area contributed by atoms with E-state index in [9.17, 15) is 9.59 Å². The van der Waals surface area contributed by atoms with Crippen LogP contribution in [0.1, 0.15) is 26.7 Å². The molecule has 0 aromatic carbocycles. The van der Waals surface area contributed by atoms with E-state index in [0.29, 0.717) is 6.42 Å². The summed E-state index contributed by atoms with van der Waals surface area (Å²) in [5, 5.41) is 10.7. The summed E-state index contributed by atoms with van der Waals surface area (Å²) in [7, 11) is 0. The molecule has 0 bridgehead atoms. The van der Waals surface area contributed by atoms with Gasteiger partial charge in [0.05, 0.1) is 0 Å². The van der Waals surface area contributed by atoms with E-state index in [4.69, 9.17) is 16.3 Å². The second-order valence-electron chi connectivity index (χ2n) is 3.47. The van der Waals surface area contributed by atoms with Crippen molar-refractivity contribution in [3.8, 4) is 12.3 Å². The van der Waals surface area contributed by atoms with Crippen molar-refractivity contribution in [3.05, 3.63) is 0 Å².